The molecule has 0 amide bonds. The molecule has 0 fully saturated rings. The van der Waals surface area contributed by atoms with E-state index in [1.807, 2.05) is 13.8 Å². The lowest BCUT2D eigenvalue weighted by atomic mass is 10.2. The molecule has 27 heavy (non-hydrogen) atoms. The van der Waals surface area contributed by atoms with Crippen molar-refractivity contribution in [3.63, 3.8) is 0 Å². The Morgan fingerprint density at radius 2 is 1.96 bits per heavy atom. The van der Waals surface area contributed by atoms with Crippen LogP contribution in [0.5, 0.6) is 0 Å². The van der Waals surface area contributed by atoms with E-state index in [0.29, 0.717) is 24.4 Å². The number of hydrogen-bond donors (Lipinski definition) is 2. The molecule has 1 aromatic heterocycles. The fourth-order valence-electron chi connectivity index (χ4n) is 2.09. The molecule has 0 saturated carbocycles. The molecule has 0 aliphatic rings. The zero-order valence-corrected chi connectivity index (χ0v) is 15.1. The number of carbonyl (C=O) groups excluding carboxylic acids is 1. The van der Waals surface area contributed by atoms with Gasteiger partial charge in [-0.25, -0.2) is 14.8 Å². The summed E-state index contributed by atoms with van der Waals surface area (Å²) in [4.78, 5) is 30.6. The second-order valence-corrected chi connectivity index (χ2v) is 6.04. The highest BCUT2D eigenvalue weighted by Crippen LogP contribution is 2.31. The standard InChI is InChI=1S/C18H21N5O4/c1-4-9-19-16-15(23(25)26)17(21-11-20-16)22-14-7-5-13(6-8-14)18(24)27-10-12(2)3/h4-8,11-12H,1,9-10H2,2-3H3,(H2,19,20,21,22). The molecule has 2 N–H and O–H groups in total. The van der Waals surface area contributed by atoms with Crippen LogP contribution in [0.2, 0.25) is 0 Å². The predicted molar refractivity (Wildman–Crippen MR) is 102 cm³/mol. The minimum Gasteiger partial charge on any atom is -0.462 e. The Kier molecular flexibility index (Phi) is 6.81. The molecular weight excluding hydrogens is 350 g/mol. The number of anilines is 3. The van der Waals surface area contributed by atoms with E-state index in [4.69, 9.17) is 4.74 Å². The smallest absolute Gasteiger partial charge is 0.353 e. The average molecular weight is 371 g/mol. The third-order valence-electron chi connectivity index (χ3n) is 3.35. The molecule has 142 valence electrons. The van der Waals surface area contributed by atoms with E-state index in [0.717, 1.165) is 0 Å². The van der Waals surface area contributed by atoms with Crippen LogP contribution in [0.15, 0.2) is 43.2 Å². The van der Waals surface area contributed by atoms with Crippen molar-refractivity contribution in [1.29, 1.82) is 0 Å². The Morgan fingerprint density at radius 3 is 2.56 bits per heavy atom. The van der Waals surface area contributed by atoms with Gasteiger partial charge in [0.1, 0.15) is 6.33 Å². The topological polar surface area (TPSA) is 119 Å². The quantitative estimate of drug-likeness (QED) is 0.297. The van der Waals surface area contributed by atoms with Gasteiger partial charge in [-0.15, -0.1) is 6.58 Å². The number of ether oxygens (including phenoxy) is 1. The first-order valence-electron chi connectivity index (χ1n) is 8.30. The zero-order chi connectivity index (χ0) is 19.8. The van der Waals surface area contributed by atoms with Gasteiger partial charge in [-0.05, 0) is 30.2 Å². The molecular formula is C18H21N5O4. The first kappa shape index (κ1) is 19.8. The maximum Gasteiger partial charge on any atom is 0.353 e. The number of esters is 1. The summed E-state index contributed by atoms with van der Waals surface area (Å²) in [6, 6.07) is 6.40. The van der Waals surface area contributed by atoms with E-state index >= 15 is 0 Å². The minimum absolute atomic E-state index is 0.0386. The third-order valence-corrected chi connectivity index (χ3v) is 3.35. The van der Waals surface area contributed by atoms with Gasteiger partial charge in [0.15, 0.2) is 0 Å². The van der Waals surface area contributed by atoms with Crippen LogP contribution < -0.4 is 10.6 Å². The molecule has 0 aliphatic carbocycles. The van der Waals surface area contributed by atoms with Crippen LogP contribution in [0.1, 0.15) is 24.2 Å². The summed E-state index contributed by atoms with van der Waals surface area (Å²) in [7, 11) is 0. The summed E-state index contributed by atoms with van der Waals surface area (Å²) < 4.78 is 5.17. The van der Waals surface area contributed by atoms with Crippen molar-refractivity contribution in [1.82, 2.24) is 9.97 Å². The van der Waals surface area contributed by atoms with E-state index in [1.165, 1.54) is 6.33 Å². The number of aromatic nitrogens is 2. The van der Waals surface area contributed by atoms with E-state index in [1.54, 1.807) is 30.3 Å². The molecule has 0 radical (unpaired) electrons. The van der Waals surface area contributed by atoms with Gasteiger partial charge in [-0.2, -0.15) is 0 Å². The number of benzene rings is 1. The molecule has 0 bridgehead atoms. The lowest BCUT2D eigenvalue weighted by Gasteiger charge is -2.10. The molecule has 0 saturated heterocycles. The van der Waals surface area contributed by atoms with E-state index in [-0.39, 0.29) is 23.2 Å². The van der Waals surface area contributed by atoms with Crippen LogP contribution in [-0.4, -0.2) is 34.0 Å². The Bertz CT molecular complexity index is 821. The fraction of sp³-hybridized carbons (Fsp3) is 0.278. The van der Waals surface area contributed by atoms with E-state index in [9.17, 15) is 14.9 Å². The van der Waals surface area contributed by atoms with Crippen molar-refractivity contribution < 1.29 is 14.5 Å². The molecule has 0 aliphatic heterocycles. The SMILES string of the molecule is C=CCNc1ncnc(Nc2ccc(C(=O)OCC(C)C)cc2)c1[N+](=O)[O-]. The van der Waals surface area contributed by atoms with Crippen molar-refractivity contribution in [2.24, 2.45) is 5.92 Å². The third kappa shape index (κ3) is 5.50. The minimum atomic E-state index is -0.564. The van der Waals surface area contributed by atoms with Crippen LogP contribution in [0, 0.1) is 16.0 Å². The lowest BCUT2D eigenvalue weighted by Crippen LogP contribution is -2.10. The molecule has 1 aromatic carbocycles. The number of nitrogens with one attached hydrogen (secondary N) is 2. The highest BCUT2D eigenvalue weighted by Gasteiger charge is 2.22. The number of nitrogens with zero attached hydrogens (tertiary/aromatic N) is 3. The van der Waals surface area contributed by atoms with E-state index < -0.39 is 10.9 Å². The number of nitro groups is 1. The van der Waals surface area contributed by atoms with E-state index in [2.05, 4.69) is 27.2 Å². The van der Waals surface area contributed by atoms with Crippen LogP contribution in [0.25, 0.3) is 0 Å². The lowest BCUT2D eigenvalue weighted by molar-refractivity contribution is -0.383. The second-order valence-electron chi connectivity index (χ2n) is 6.04. The van der Waals surface area contributed by atoms with Crippen LogP contribution in [0.4, 0.5) is 23.0 Å². The highest BCUT2D eigenvalue weighted by molar-refractivity contribution is 5.90. The Hall–Kier alpha value is -3.49. The number of rotatable bonds is 9. The zero-order valence-electron chi connectivity index (χ0n) is 15.1. The largest absolute Gasteiger partial charge is 0.462 e. The molecule has 2 rings (SSSR count). The highest BCUT2D eigenvalue weighted by atomic mass is 16.6. The maximum atomic E-state index is 11.9. The Labute approximate surface area is 156 Å². The maximum absolute atomic E-state index is 11.9. The first-order valence-corrected chi connectivity index (χ1v) is 8.30. The molecule has 9 nitrogen and oxygen atoms in total. The number of carbonyl (C=O) groups is 1. The van der Waals surface area contributed by atoms with Gasteiger partial charge < -0.3 is 15.4 Å². The molecule has 2 aromatic rings. The van der Waals surface area contributed by atoms with Crippen LogP contribution in [0.3, 0.4) is 0 Å². The summed E-state index contributed by atoms with van der Waals surface area (Å²) in [6.07, 6.45) is 2.79. The molecule has 0 atom stereocenters. The van der Waals surface area contributed by atoms with Gasteiger partial charge in [-0.3, -0.25) is 10.1 Å². The molecule has 0 spiro atoms. The van der Waals surface area contributed by atoms with Crippen LogP contribution >= 0.6 is 0 Å². The van der Waals surface area contributed by atoms with Gasteiger partial charge in [0.05, 0.1) is 17.1 Å². The van der Waals surface area contributed by atoms with Crippen LogP contribution in [-0.2, 0) is 4.74 Å². The second kappa shape index (κ2) is 9.27. The van der Waals surface area contributed by atoms with Gasteiger partial charge >= 0.3 is 11.7 Å². The summed E-state index contributed by atoms with van der Waals surface area (Å²) in [5, 5.41) is 17.1. The summed E-state index contributed by atoms with van der Waals surface area (Å²) in [5.74, 6) is -0.0424. The number of hydrogen-bond acceptors (Lipinski definition) is 8. The van der Waals surface area contributed by atoms with Crippen molar-refractivity contribution >= 4 is 29.0 Å². The normalized spacial score (nSPS) is 10.3. The predicted octanol–water partition coefficient (Wildman–Crippen LogP) is 3.54. The van der Waals surface area contributed by atoms with Crippen molar-refractivity contribution in [3.05, 3.63) is 58.9 Å². The monoisotopic (exact) mass is 371 g/mol. The molecule has 9 heteroatoms. The molecule has 1 heterocycles. The summed E-state index contributed by atoms with van der Waals surface area (Å²) >= 11 is 0. The summed E-state index contributed by atoms with van der Waals surface area (Å²) in [6.45, 7) is 8.12. The Morgan fingerprint density at radius 1 is 1.30 bits per heavy atom. The van der Waals surface area contributed by atoms with Crippen molar-refractivity contribution in [2.75, 3.05) is 23.8 Å². The van der Waals surface area contributed by atoms with Crippen molar-refractivity contribution in [2.45, 2.75) is 13.8 Å². The van der Waals surface area contributed by atoms with Gasteiger partial charge in [-0.1, -0.05) is 19.9 Å². The van der Waals surface area contributed by atoms with Gasteiger partial charge in [0.2, 0.25) is 11.6 Å². The first-order chi connectivity index (χ1) is 12.9. The average Bonchev–Trinajstić information content (AvgIpc) is 2.64. The molecule has 0 unspecified atom stereocenters. The van der Waals surface area contributed by atoms with Gasteiger partial charge in [0, 0.05) is 12.2 Å². The fourth-order valence-corrected chi connectivity index (χ4v) is 2.09. The van der Waals surface area contributed by atoms with Crippen molar-refractivity contribution in [3.8, 4) is 0 Å². The Balaban J connectivity index is 2.18. The van der Waals surface area contributed by atoms with Gasteiger partial charge in [0.25, 0.3) is 0 Å². The summed E-state index contributed by atoms with van der Waals surface area (Å²) in [5.41, 5.74) is 0.651.